The van der Waals surface area contributed by atoms with Crippen molar-refractivity contribution in [2.75, 3.05) is 6.54 Å². The number of ether oxygens (including phenoxy) is 2. The van der Waals surface area contributed by atoms with Gasteiger partial charge in [0.1, 0.15) is 5.25 Å². The van der Waals surface area contributed by atoms with Crippen molar-refractivity contribution in [2.45, 2.75) is 29.0 Å². The van der Waals surface area contributed by atoms with Crippen molar-refractivity contribution in [3.63, 3.8) is 0 Å². The second-order valence-electron chi connectivity index (χ2n) is 6.68. The molecule has 4 rings (SSSR count). The number of carbonyl (C=O) groups excluding carboxylic acids is 2. The first-order valence-corrected chi connectivity index (χ1v) is 10.6. The maximum Gasteiger partial charge on any atom is 0.335 e. The molecule has 2 aliphatic heterocycles. The highest BCUT2D eigenvalue weighted by Gasteiger charge is 2.57. The molecule has 1 fully saturated rings. The molecule has 2 aromatic rings. The summed E-state index contributed by atoms with van der Waals surface area (Å²) < 4.78 is 11.5. The fraction of sp³-hybridized carbons (Fsp3) is 0.238. The highest BCUT2D eigenvalue weighted by atomic mass is 35.5. The van der Waals surface area contributed by atoms with Gasteiger partial charge in [0.05, 0.1) is 10.0 Å². The maximum atomic E-state index is 12.3. The number of thioether (sulfide) groups is 1. The monoisotopic (exact) mass is 449 g/mol. The second kappa shape index (κ2) is 8.40. The van der Waals surface area contributed by atoms with Gasteiger partial charge in [-0.3, -0.25) is 0 Å². The predicted octanol–water partition coefficient (Wildman–Crippen LogP) is 4.67. The van der Waals surface area contributed by atoms with Crippen molar-refractivity contribution in [2.24, 2.45) is 0 Å². The number of halogens is 2. The summed E-state index contributed by atoms with van der Waals surface area (Å²) in [5.74, 6) is -2.74. The molecule has 2 aliphatic rings. The zero-order chi connectivity index (χ0) is 20.4. The van der Waals surface area contributed by atoms with Crippen LogP contribution >= 0.6 is 35.0 Å². The van der Waals surface area contributed by atoms with Crippen LogP contribution in [0.1, 0.15) is 12.0 Å². The van der Waals surface area contributed by atoms with Gasteiger partial charge < -0.3 is 9.47 Å². The van der Waals surface area contributed by atoms with Gasteiger partial charge in [0.2, 0.25) is 0 Å². The third kappa shape index (κ3) is 4.31. The molecule has 0 aliphatic carbocycles. The molecule has 5 nitrogen and oxygen atoms in total. The molecule has 0 N–H and O–H groups in total. The van der Waals surface area contributed by atoms with Crippen LogP contribution in [-0.2, 0) is 25.6 Å². The minimum atomic E-state index is -1.51. The third-order valence-electron chi connectivity index (χ3n) is 4.74. The molecule has 29 heavy (non-hydrogen) atoms. The minimum Gasteiger partial charge on any atom is -0.404 e. The predicted molar refractivity (Wildman–Crippen MR) is 112 cm³/mol. The number of likely N-dealkylation sites (tertiary alicyclic amines) is 1. The summed E-state index contributed by atoms with van der Waals surface area (Å²) in [4.78, 5) is 27.3. The Labute approximate surface area is 182 Å². The molecule has 0 saturated carbocycles. The van der Waals surface area contributed by atoms with E-state index in [1.807, 2.05) is 41.3 Å². The normalized spacial score (nSPS) is 21.1. The van der Waals surface area contributed by atoms with Crippen LogP contribution < -0.4 is 0 Å². The Bertz CT molecular complexity index is 946. The SMILES string of the molecule is O=C1C=CC(=O)OC2(O1)C(Sc1ccc(Cl)c(Cl)c1)CCN2Cc1ccccc1. The highest BCUT2D eigenvalue weighted by Crippen LogP contribution is 2.45. The molecule has 0 radical (unpaired) electrons. The fourth-order valence-corrected chi connectivity index (χ4v) is 5.07. The fourth-order valence-electron chi connectivity index (χ4n) is 3.43. The van der Waals surface area contributed by atoms with Gasteiger partial charge in [-0.15, -0.1) is 11.8 Å². The van der Waals surface area contributed by atoms with Crippen molar-refractivity contribution in [3.05, 3.63) is 76.3 Å². The third-order valence-corrected chi connectivity index (χ3v) is 6.83. The quantitative estimate of drug-likeness (QED) is 0.632. The topological polar surface area (TPSA) is 55.8 Å². The van der Waals surface area contributed by atoms with E-state index >= 15 is 0 Å². The van der Waals surface area contributed by atoms with E-state index < -0.39 is 17.8 Å². The lowest BCUT2D eigenvalue weighted by Crippen LogP contribution is -2.54. The van der Waals surface area contributed by atoms with E-state index in [4.69, 9.17) is 32.7 Å². The molecule has 1 spiro atoms. The summed E-state index contributed by atoms with van der Waals surface area (Å²) in [5.41, 5.74) is 1.02. The standard InChI is InChI=1S/C21H17Cl2NO4S/c22-16-7-6-15(12-17(16)23)29-18-10-11-24(13-14-4-2-1-3-5-14)21(18)27-19(25)8-9-20(26)28-21/h1-9,12,18H,10-11,13H2. The Morgan fingerprint density at radius 3 is 2.34 bits per heavy atom. The zero-order valence-corrected chi connectivity index (χ0v) is 17.5. The number of rotatable bonds is 4. The Morgan fingerprint density at radius 1 is 1.00 bits per heavy atom. The molecule has 1 atom stereocenters. The van der Waals surface area contributed by atoms with E-state index in [0.717, 1.165) is 22.6 Å². The molecule has 0 bridgehead atoms. The van der Waals surface area contributed by atoms with Gasteiger partial charge in [-0.2, -0.15) is 0 Å². The van der Waals surface area contributed by atoms with Crippen molar-refractivity contribution in [3.8, 4) is 0 Å². The van der Waals surface area contributed by atoms with Crippen LogP contribution in [0.25, 0.3) is 0 Å². The molecule has 8 heteroatoms. The second-order valence-corrected chi connectivity index (χ2v) is 8.78. The van der Waals surface area contributed by atoms with Crippen molar-refractivity contribution >= 4 is 46.9 Å². The van der Waals surface area contributed by atoms with Gasteiger partial charge in [-0.1, -0.05) is 53.5 Å². The lowest BCUT2D eigenvalue weighted by molar-refractivity contribution is -0.268. The molecule has 0 amide bonds. The number of hydrogen-bond donors (Lipinski definition) is 0. The van der Waals surface area contributed by atoms with Crippen LogP contribution in [0.4, 0.5) is 0 Å². The van der Waals surface area contributed by atoms with E-state index in [1.54, 1.807) is 12.1 Å². The number of esters is 2. The molecule has 1 unspecified atom stereocenters. The molecule has 150 valence electrons. The molecule has 0 aromatic heterocycles. The molecule has 1 saturated heterocycles. The average molecular weight is 450 g/mol. The van der Waals surface area contributed by atoms with Gasteiger partial charge in [-0.25, -0.2) is 14.5 Å². The summed E-state index contributed by atoms with van der Waals surface area (Å²) in [6, 6.07) is 15.1. The lowest BCUT2D eigenvalue weighted by Gasteiger charge is -2.38. The number of hydrogen-bond acceptors (Lipinski definition) is 6. The summed E-state index contributed by atoms with van der Waals surface area (Å²) in [6.07, 6.45) is 2.84. The molecular formula is C21H17Cl2NO4S. The average Bonchev–Trinajstić information content (AvgIpc) is 2.90. The van der Waals surface area contributed by atoms with Gasteiger partial charge >= 0.3 is 17.8 Å². The van der Waals surface area contributed by atoms with Crippen molar-refractivity contribution < 1.29 is 19.1 Å². The lowest BCUT2D eigenvalue weighted by atomic mass is 10.2. The Kier molecular flexibility index (Phi) is 5.88. The largest absolute Gasteiger partial charge is 0.404 e. The Hall–Kier alpha value is -1.99. The smallest absolute Gasteiger partial charge is 0.335 e. The number of carbonyl (C=O) groups is 2. The van der Waals surface area contributed by atoms with Gasteiger partial charge in [0.15, 0.2) is 0 Å². The van der Waals surface area contributed by atoms with E-state index in [2.05, 4.69) is 0 Å². The maximum absolute atomic E-state index is 12.3. The van der Waals surface area contributed by atoms with E-state index in [-0.39, 0.29) is 5.25 Å². The van der Waals surface area contributed by atoms with Crippen LogP contribution in [0.2, 0.25) is 10.0 Å². The van der Waals surface area contributed by atoms with Crippen molar-refractivity contribution in [1.29, 1.82) is 0 Å². The first-order chi connectivity index (χ1) is 14.0. The van der Waals surface area contributed by atoms with E-state index in [1.165, 1.54) is 11.8 Å². The summed E-state index contributed by atoms with van der Waals surface area (Å²) >= 11 is 13.6. The van der Waals surface area contributed by atoms with Crippen molar-refractivity contribution in [1.82, 2.24) is 4.90 Å². The summed E-state index contributed by atoms with van der Waals surface area (Å²) in [6.45, 7) is 1.06. The molecule has 2 aromatic carbocycles. The highest BCUT2D eigenvalue weighted by molar-refractivity contribution is 8.00. The first kappa shape index (κ1) is 20.3. The van der Waals surface area contributed by atoms with E-state index in [0.29, 0.717) is 29.6 Å². The van der Waals surface area contributed by atoms with Gasteiger partial charge in [0.25, 0.3) is 0 Å². The van der Waals surface area contributed by atoms with Crippen LogP contribution in [0.15, 0.2) is 65.6 Å². The zero-order valence-electron chi connectivity index (χ0n) is 15.2. The Balaban J connectivity index is 1.67. The minimum absolute atomic E-state index is 0.337. The van der Waals surface area contributed by atoms with E-state index in [9.17, 15) is 9.59 Å². The number of benzene rings is 2. The number of nitrogens with zero attached hydrogens (tertiary/aromatic N) is 1. The van der Waals surface area contributed by atoms with Gasteiger partial charge in [-0.05, 0) is 30.2 Å². The van der Waals surface area contributed by atoms with Crippen LogP contribution in [-0.4, -0.2) is 34.5 Å². The summed E-state index contributed by atoms with van der Waals surface area (Å²) in [7, 11) is 0. The van der Waals surface area contributed by atoms with Gasteiger partial charge in [0, 0.05) is 30.1 Å². The van der Waals surface area contributed by atoms with Crippen LogP contribution in [0.3, 0.4) is 0 Å². The van der Waals surface area contributed by atoms with Crippen LogP contribution in [0, 0.1) is 0 Å². The molecular weight excluding hydrogens is 433 g/mol. The van der Waals surface area contributed by atoms with Crippen LogP contribution in [0.5, 0.6) is 0 Å². The molecule has 2 heterocycles. The summed E-state index contributed by atoms with van der Waals surface area (Å²) in [5, 5.41) is 0.553. The first-order valence-electron chi connectivity index (χ1n) is 9.01. The Morgan fingerprint density at radius 2 is 1.69 bits per heavy atom.